The van der Waals surface area contributed by atoms with Crippen LogP contribution in [0.2, 0.25) is 0 Å². The van der Waals surface area contributed by atoms with Crippen molar-refractivity contribution in [3.63, 3.8) is 0 Å². The van der Waals surface area contributed by atoms with Crippen molar-refractivity contribution in [1.82, 2.24) is 4.90 Å². The van der Waals surface area contributed by atoms with E-state index in [0.29, 0.717) is 11.7 Å². The molecule has 0 radical (unpaired) electrons. The summed E-state index contributed by atoms with van der Waals surface area (Å²) < 4.78 is 0. The predicted molar refractivity (Wildman–Crippen MR) is 89.8 cm³/mol. The largest absolute Gasteiger partial charge is 0.508 e. The summed E-state index contributed by atoms with van der Waals surface area (Å²) in [6.07, 6.45) is 3.82. The van der Waals surface area contributed by atoms with E-state index in [2.05, 4.69) is 38.7 Å². The second-order valence-corrected chi connectivity index (χ2v) is 7.46. The molecule has 1 heterocycles. The summed E-state index contributed by atoms with van der Waals surface area (Å²) >= 11 is 0. The Kier molecular flexibility index (Phi) is 5.32. The van der Waals surface area contributed by atoms with Gasteiger partial charge in [-0.25, -0.2) is 0 Å². The van der Waals surface area contributed by atoms with Crippen molar-refractivity contribution in [2.75, 3.05) is 19.6 Å². The van der Waals surface area contributed by atoms with Gasteiger partial charge in [-0.05, 0) is 67.3 Å². The number of nitrogens with zero attached hydrogens (tertiary/aromatic N) is 1. The first-order valence-electron chi connectivity index (χ1n) is 8.43. The van der Waals surface area contributed by atoms with Gasteiger partial charge < -0.3 is 10.0 Å². The molecule has 1 N–H and O–H groups in total. The number of phenolic OH excluding ortho intramolecular Hbond substituents is 1. The van der Waals surface area contributed by atoms with Crippen LogP contribution in [0.25, 0.3) is 0 Å². The molecule has 1 saturated heterocycles. The van der Waals surface area contributed by atoms with Crippen LogP contribution >= 0.6 is 0 Å². The average Bonchev–Trinajstić information content (AvgIpc) is 2.42. The molecule has 0 bridgehead atoms. The van der Waals surface area contributed by atoms with E-state index < -0.39 is 0 Å². The van der Waals surface area contributed by atoms with Gasteiger partial charge in [0.25, 0.3) is 0 Å². The van der Waals surface area contributed by atoms with Gasteiger partial charge in [-0.3, -0.25) is 0 Å². The zero-order chi connectivity index (χ0) is 15.5. The Morgan fingerprint density at radius 2 is 2.14 bits per heavy atom. The molecular formula is C19H31NO. The van der Waals surface area contributed by atoms with Crippen LogP contribution in [0.4, 0.5) is 0 Å². The zero-order valence-corrected chi connectivity index (χ0v) is 14.1. The smallest absolute Gasteiger partial charge is 0.115 e. The maximum atomic E-state index is 9.75. The Labute approximate surface area is 130 Å². The van der Waals surface area contributed by atoms with E-state index in [-0.39, 0.29) is 5.41 Å². The van der Waals surface area contributed by atoms with Gasteiger partial charge in [-0.2, -0.15) is 0 Å². The van der Waals surface area contributed by atoms with Gasteiger partial charge in [0.15, 0.2) is 0 Å². The van der Waals surface area contributed by atoms with Crippen molar-refractivity contribution in [1.29, 1.82) is 0 Å². The molecule has 0 aromatic heterocycles. The number of likely N-dealkylation sites (tertiary alicyclic amines) is 1. The van der Waals surface area contributed by atoms with Crippen molar-refractivity contribution in [2.24, 2.45) is 11.8 Å². The fraction of sp³-hybridized carbons (Fsp3) is 0.684. The van der Waals surface area contributed by atoms with E-state index in [1.54, 1.807) is 6.07 Å². The highest BCUT2D eigenvalue weighted by atomic mass is 16.3. The Hall–Kier alpha value is -1.02. The fourth-order valence-electron chi connectivity index (χ4n) is 3.53. The molecule has 118 valence electrons. The minimum Gasteiger partial charge on any atom is -0.508 e. The van der Waals surface area contributed by atoms with Gasteiger partial charge in [-0.15, -0.1) is 0 Å². The lowest BCUT2D eigenvalue weighted by Gasteiger charge is -2.45. The Balaban J connectivity index is 1.97. The molecule has 2 rings (SSSR count). The van der Waals surface area contributed by atoms with Crippen LogP contribution in [-0.2, 0) is 5.41 Å². The summed E-state index contributed by atoms with van der Waals surface area (Å²) in [6.45, 7) is 12.9. The summed E-state index contributed by atoms with van der Waals surface area (Å²) in [7, 11) is 0. The highest BCUT2D eigenvalue weighted by Crippen LogP contribution is 2.40. The first-order chi connectivity index (χ1) is 9.91. The fourth-order valence-corrected chi connectivity index (χ4v) is 3.53. The normalized spacial score (nSPS) is 27.2. The summed E-state index contributed by atoms with van der Waals surface area (Å²) in [5.74, 6) is 1.82. The van der Waals surface area contributed by atoms with Crippen LogP contribution in [0.3, 0.4) is 0 Å². The lowest BCUT2D eigenvalue weighted by molar-refractivity contribution is 0.108. The van der Waals surface area contributed by atoms with Crippen molar-refractivity contribution >= 4 is 0 Å². The Morgan fingerprint density at radius 3 is 2.76 bits per heavy atom. The van der Waals surface area contributed by atoms with Crippen LogP contribution < -0.4 is 0 Å². The SMILES string of the molecule is CC(C)CCCN1CC[C@](C)(c2cccc(O)c2)[C@@H](C)C1. The molecule has 1 aliphatic heterocycles. The molecule has 0 unspecified atom stereocenters. The lowest BCUT2D eigenvalue weighted by Crippen LogP contribution is -2.47. The van der Waals surface area contributed by atoms with E-state index in [1.807, 2.05) is 12.1 Å². The summed E-state index contributed by atoms with van der Waals surface area (Å²) in [5.41, 5.74) is 1.48. The van der Waals surface area contributed by atoms with Crippen LogP contribution in [0.1, 0.15) is 52.5 Å². The number of hydrogen-bond acceptors (Lipinski definition) is 2. The molecule has 0 amide bonds. The molecule has 2 heteroatoms. The predicted octanol–water partition coefficient (Wildman–Crippen LogP) is 4.43. The lowest BCUT2D eigenvalue weighted by atomic mass is 9.68. The van der Waals surface area contributed by atoms with Crippen LogP contribution in [0, 0.1) is 11.8 Å². The second-order valence-electron chi connectivity index (χ2n) is 7.46. The molecule has 1 fully saturated rings. The maximum Gasteiger partial charge on any atom is 0.115 e. The Bertz CT molecular complexity index is 457. The molecular weight excluding hydrogens is 258 g/mol. The maximum absolute atomic E-state index is 9.75. The molecule has 2 nitrogen and oxygen atoms in total. The number of rotatable bonds is 5. The minimum absolute atomic E-state index is 0.188. The topological polar surface area (TPSA) is 23.5 Å². The van der Waals surface area contributed by atoms with Gasteiger partial charge in [0, 0.05) is 6.54 Å². The third kappa shape index (κ3) is 4.00. The van der Waals surface area contributed by atoms with Crippen molar-refractivity contribution in [2.45, 2.75) is 52.4 Å². The summed E-state index contributed by atoms with van der Waals surface area (Å²) in [4.78, 5) is 2.62. The second kappa shape index (κ2) is 6.83. The molecule has 0 aliphatic carbocycles. The van der Waals surface area contributed by atoms with E-state index >= 15 is 0 Å². The summed E-state index contributed by atoms with van der Waals surface area (Å²) in [5, 5.41) is 9.75. The third-order valence-corrected chi connectivity index (χ3v) is 5.33. The first kappa shape index (κ1) is 16.4. The zero-order valence-electron chi connectivity index (χ0n) is 14.1. The average molecular weight is 289 g/mol. The van der Waals surface area contributed by atoms with Gasteiger partial charge in [0.05, 0.1) is 0 Å². The quantitative estimate of drug-likeness (QED) is 0.867. The van der Waals surface area contributed by atoms with E-state index in [9.17, 15) is 5.11 Å². The third-order valence-electron chi connectivity index (χ3n) is 5.33. The number of piperidine rings is 1. The Morgan fingerprint density at radius 1 is 1.38 bits per heavy atom. The van der Waals surface area contributed by atoms with E-state index in [4.69, 9.17) is 0 Å². The van der Waals surface area contributed by atoms with Crippen molar-refractivity contribution in [3.05, 3.63) is 29.8 Å². The van der Waals surface area contributed by atoms with Gasteiger partial charge in [-0.1, -0.05) is 39.8 Å². The van der Waals surface area contributed by atoms with Crippen molar-refractivity contribution in [3.8, 4) is 5.75 Å². The van der Waals surface area contributed by atoms with Gasteiger partial charge in [0.1, 0.15) is 5.75 Å². The molecule has 0 spiro atoms. The highest BCUT2D eigenvalue weighted by Gasteiger charge is 2.37. The number of aromatic hydroxyl groups is 1. The summed E-state index contributed by atoms with van der Waals surface area (Å²) in [6, 6.07) is 7.85. The van der Waals surface area contributed by atoms with Crippen LogP contribution in [0.5, 0.6) is 5.75 Å². The highest BCUT2D eigenvalue weighted by molar-refractivity contribution is 5.33. The van der Waals surface area contributed by atoms with Gasteiger partial charge >= 0.3 is 0 Å². The number of phenols is 1. The standard InChI is InChI=1S/C19H31NO/c1-15(2)7-6-11-20-12-10-19(4,16(3)14-20)17-8-5-9-18(21)13-17/h5,8-9,13,15-16,21H,6-7,10-12,14H2,1-4H3/t16-,19-/m0/s1. The minimum atomic E-state index is 0.188. The van der Waals surface area contributed by atoms with Crippen molar-refractivity contribution < 1.29 is 5.11 Å². The van der Waals surface area contributed by atoms with Crippen LogP contribution in [-0.4, -0.2) is 29.6 Å². The number of benzene rings is 1. The number of hydrogen-bond donors (Lipinski definition) is 1. The van der Waals surface area contributed by atoms with Gasteiger partial charge in [0.2, 0.25) is 0 Å². The molecule has 2 atom stereocenters. The molecule has 0 saturated carbocycles. The first-order valence-corrected chi connectivity index (χ1v) is 8.43. The molecule has 1 aromatic carbocycles. The monoisotopic (exact) mass is 289 g/mol. The van der Waals surface area contributed by atoms with E-state index in [1.165, 1.54) is 44.5 Å². The van der Waals surface area contributed by atoms with Crippen LogP contribution in [0.15, 0.2) is 24.3 Å². The molecule has 21 heavy (non-hydrogen) atoms. The van der Waals surface area contributed by atoms with E-state index in [0.717, 1.165) is 5.92 Å². The molecule has 1 aliphatic rings. The molecule has 1 aromatic rings.